The zero-order valence-corrected chi connectivity index (χ0v) is 12.5. The van der Waals surface area contributed by atoms with E-state index in [1.807, 2.05) is 12.4 Å². The zero-order chi connectivity index (χ0) is 15.4. The molecule has 0 aliphatic heterocycles. The van der Waals surface area contributed by atoms with Crippen molar-refractivity contribution in [3.8, 4) is 22.3 Å². The van der Waals surface area contributed by atoms with Gasteiger partial charge in [0.25, 0.3) is 0 Å². The van der Waals surface area contributed by atoms with Gasteiger partial charge in [0.15, 0.2) is 0 Å². The Morgan fingerprint density at radius 2 is 1.74 bits per heavy atom. The summed E-state index contributed by atoms with van der Waals surface area (Å²) in [4.78, 5) is 7.67. The minimum atomic E-state index is -0.0508. The van der Waals surface area contributed by atoms with Gasteiger partial charge in [-0.1, -0.05) is 42.5 Å². The summed E-state index contributed by atoms with van der Waals surface area (Å²) in [6, 6.07) is 19.0. The average molecular weight is 297 g/mol. The lowest BCUT2D eigenvalue weighted by molar-refractivity contribution is 0.901. The molecule has 23 heavy (non-hydrogen) atoms. The number of H-pyrrole nitrogens is 1. The maximum atomic E-state index is 6.46. The Hall–Kier alpha value is -2.91. The first-order valence-corrected chi connectivity index (χ1v) is 7.74. The number of benzene rings is 2. The van der Waals surface area contributed by atoms with Gasteiger partial charge in [-0.15, -0.1) is 0 Å². The molecular weight excluding hydrogens is 282 g/mol. The number of rotatable bonds is 1. The monoisotopic (exact) mass is 297 g/mol. The van der Waals surface area contributed by atoms with Crippen molar-refractivity contribution in [1.29, 1.82) is 0 Å². The third-order valence-corrected chi connectivity index (χ3v) is 4.71. The molecule has 3 nitrogen and oxygen atoms in total. The Bertz CT molecular complexity index is 1050. The number of aromatic nitrogens is 2. The summed E-state index contributed by atoms with van der Waals surface area (Å²) in [7, 11) is 0. The van der Waals surface area contributed by atoms with Crippen molar-refractivity contribution in [1.82, 2.24) is 9.97 Å². The van der Waals surface area contributed by atoms with Gasteiger partial charge in [0, 0.05) is 23.3 Å². The summed E-state index contributed by atoms with van der Waals surface area (Å²) in [5.41, 5.74) is 14.6. The van der Waals surface area contributed by atoms with Crippen LogP contribution >= 0.6 is 0 Å². The molecule has 0 radical (unpaired) electrons. The van der Waals surface area contributed by atoms with Gasteiger partial charge in [0.05, 0.1) is 6.04 Å². The van der Waals surface area contributed by atoms with Gasteiger partial charge in [-0.25, -0.2) is 4.98 Å². The topological polar surface area (TPSA) is 54.7 Å². The van der Waals surface area contributed by atoms with Crippen molar-refractivity contribution in [2.24, 2.45) is 5.73 Å². The smallest absolute Gasteiger partial charge is 0.137 e. The summed E-state index contributed by atoms with van der Waals surface area (Å²) in [6.07, 6.45) is 3.85. The molecule has 1 atom stereocenters. The number of hydrogen-bond donors (Lipinski definition) is 2. The van der Waals surface area contributed by atoms with E-state index in [9.17, 15) is 0 Å². The van der Waals surface area contributed by atoms with E-state index in [1.165, 1.54) is 27.8 Å². The van der Waals surface area contributed by atoms with Gasteiger partial charge in [-0.3, -0.25) is 0 Å². The first-order valence-electron chi connectivity index (χ1n) is 7.74. The van der Waals surface area contributed by atoms with Crippen molar-refractivity contribution in [3.05, 3.63) is 78.1 Å². The van der Waals surface area contributed by atoms with Crippen LogP contribution in [0.25, 0.3) is 33.3 Å². The maximum absolute atomic E-state index is 6.46. The fourth-order valence-electron chi connectivity index (χ4n) is 3.62. The lowest BCUT2D eigenvalue weighted by atomic mass is 9.94. The molecule has 110 valence electrons. The molecule has 2 heterocycles. The highest BCUT2D eigenvalue weighted by Gasteiger charge is 2.27. The van der Waals surface area contributed by atoms with Crippen molar-refractivity contribution >= 4 is 11.0 Å². The molecule has 5 rings (SSSR count). The zero-order valence-electron chi connectivity index (χ0n) is 12.5. The van der Waals surface area contributed by atoms with Gasteiger partial charge in [0.2, 0.25) is 0 Å². The van der Waals surface area contributed by atoms with Gasteiger partial charge >= 0.3 is 0 Å². The highest BCUT2D eigenvalue weighted by molar-refractivity contribution is 5.93. The van der Waals surface area contributed by atoms with E-state index in [1.54, 1.807) is 0 Å². The maximum Gasteiger partial charge on any atom is 0.137 e. The normalized spacial score (nSPS) is 15.6. The van der Waals surface area contributed by atoms with Crippen molar-refractivity contribution in [2.75, 3.05) is 0 Å². The Kier molecular flexibility index (Phi) is 2.49. The van der Waals surface area contributed by atoms with Crippen LogP contribution in [0, 0.1) is 0 Å². The van der Waals surface area contributed by atoms with Crippen LogP contribution in [-0.4, -0.2) is 9.97 Å². The van der Waals surface area contributed by atoms with Crippen LogP contribution < -0.4 is 5.73 Å². The van der Waals surface area contributed by atoms with Crippen molar-refractivity contribution < 1.29 is 0 Å². The van der Waals surface area contributed by atoms with Gasteiger partial charge in [0.1, 0.15) is 5.65 Å². The minimum Gasteiger partial charge on any atom is -0.346 e. The van der Waals surface area contributed by atoms with E-state index in [4.69, 9.17) is 5.73 Å². The van der Waals surface area contributed by atoms with Crippen LogP contribution in [0.5, 0.6) is 0 Å². The van der Waals surface area contributed by atoms with E-state index in [2.05, 4.69) is 64.6 Å². The molecule has 0 amide bonds. The van der Waals surface area contributed by atoms with E-state index in [0.29, 0.717) is 0 Å². The highest BCUT2D eigenvalue weighted by atomic mass is 14.8. The van der Waals surface area contributed by atoms with E-state index < -0.39 is 0 Å². The number of aromatic amines is 1. The molecule has 1 unspecified atom stereocenters. The van der Waals surface area contributed by atoms with Crippen LogP contribution in [0.3, 0.4) is 0 Å². The standard InChI is InChI=1S/C20H15N3/c21-19-16-5-2-1-4-15(16)18-14(6-3-7-17(18)19)13-10-12-8-9-22-20(12)23-11-13/h1-11,19H,21H2,(H,22,23). The Labute approximate surface area is 133 Å². The van der Waals surface area contributed by atoms with E-state index in [-0.39, 0.29) is 6.04 Å². The lowest BCUT2D eigenvalue weighted by Gasteiger charge is -2.10. The molecule has 0 saturated carbocycles. The minimum absolute atomic E-state index is 0.0508. The number of fused-ring (bicyclic) bond motifs is 4. The third-order valence-electron chi connectivity index (χ3n) is 4.71. The molecule has 0 fully saturated rings. The second-order valence-electron chi connectivity index (χ2n) is 5.97. The van der Waals surface area contributed by atoms with Gasteiger partial charge in [-0.05, 0) is 39.9 Å². The summed E-state index contributed by atoms with van der Waals surface area (Å²) in [5.74, 6) is 0. The number of pyridine rings is 1. The quantitative estimate of drug-likeness (QED) is 0.551. The SMILES string of the molecule is NC1c2ccccc2-c2c(-c3cnc4[nH]ccc4c3)cccc21. The summed E-state index contributed by atoms with van der Waals surface area (Å²) < 4.78 is 0. The molecule has 3 N–H and O–H groups in total. The Balaban J connectivity index is 1.81. The fourth-order valence-corrected chi connectivity index (χ4v) is 3.62. The fraction of sp³-hybridized carbons (Fsp3) is 0.0500. The van der Waals surface area contributed by atoms with Crippen LogP contribution in [-0.2, 0) is 0 Å². The molecule has 1 aliphatic rings. The molecule has 2 aromatic carbocycles. The summed E-state index contributed by atoms with van der Waals surface area (Å²) in [6.45, 7) is 0. The summed E-state index contributed by atoms with van der Waals surface area (Å²) in [5, 5.41) is 1.12. The van der Waals surface area contributed by atoms with E-state index >= 15 is 0 Å². The average Bonchev–Trinajstić information content (AvgIpc) is 3.18. The largest absolute Gasteiger partial charge is 0.346 e. The number of nitrogens with zero attached hydrogens (tertiary/aromatic N) is 1. The number of nitrogens with two attached hydrogens (primary N) is 1. The summed E-state index contributed by atoms with van der Waals surface area (Å²) >= 11 is 0. The van der Waals surface area contributed by atoms with Gasteiger partial charge < -0.3 is 10.7 Å². The molecular formula is C20H15N3. The van der Waals surface area contributed by atoms with E-state index in [0.717, 1.165) is 16.6 Å². The molecule has 1 aliphatic carbocycles. The van der Waals surface area contributed by atoms with Crippen LogP contribution in [0.2, 0.25) is 0 Å². The van der Waals surface area contributed by atoms with Crippen LogP contribution in [0.15, 0.2) is 67.0 Å². The van der Waals surface area contributed by atoms with Crippen LogP contribution in [0.1, 0.15) is 17.2 Å². The third kappa shape index (κ3) is 1.71. The Morgan fingerprint density at radius 3 is 2.70 bits per heavy atom. The number of hydrogen-bond acceptors (Lipinski definition) is 2. The van der Waals surface area contributed by atoms with Crippen molar-refractivity contribution in [3.63, 3.8) is 0 Å². The first-order chi connectivity index (χ1) is 11.3. The Morgan fingerprint density at radius 1 is 0.913 bits per heavy atom. The molecule has 0 saturated heterocycles. The predicted octanol–water partition coefficient (Wildman–Crippen LogP) is 4.26. The molecule has 4 aromatic rings. The highest BCUT2D eigenvalue weighted by Crippen LogP contribution is 2.46. The van der Waals surface area contributed by atoms with Gasteiger partial charge in [-0.2, -0.15) is 0 Å². The molecule has 3 heteroatoms. The predicted molar refractivity (Wildman–Crippen MR) is 93.0 cm³/mol. The molecule has 0 bridgehead atoms. The number of nitrogens with one attached hydrogen (secondary N) is 1. The first kappa shape index (κ1) is 12.6. The lowest BCUT2D eigenvalue weighted by Crippen LogP contribution is -2.07. The second kappa shape index (κ2) is 4.54. The van der Waals surface area contributed by atoms with Crippen molar-refractivity contribution in [2.45, 2.75) is 6.04 Å². The molecule has 0 spiro atoms. The second-order valence-corrected chi connectivity index (χ2v) is 5.97. The van der Waals surface area contributed by atoms with Crippen LogP contribution in [0.4, 0.5) is 0 Å². The molecule has 2 aromatic heterocycles.